The maximum Gasteiger partial charge on any atom is 0.215 e. The standard InChI is InChI=1S/C15H16N.C12H17N.C11H13N.C10H13NS.C10H9N.C8H7NO.C8H7NS.C6H7N.C4H6N2S.10CH4/c1-11-8-9-16-13-7-5-4-6-12(13)15(2,3)14(16)10-11;1-9-12(2,3)10-7-5-6-8-11(10)13(9)4;1-8-11(2,3)9-6-4-5-7-10(9)12-8;1-3-11-8(2)12-10-7-5-4-6-9(10)11;1-8-6-7-11-10-5-3-2-4-9(8)10;2*1-6-9-7-4-2-3-5-8(7)10-6;1-6-4-2-3-5-7-6;1-3-5-6-4(2)7-3;;;;;;;;;;/h4-10H,1-3H3;5-9H,1-4H3;4-7H,1-3H3;4-8H,3H2,1-2H3;2-7H,1H3;2*2-5H,1H3;2-5H,1H3;1-2H3;10*1H4/q+1;;;;;;;;;;;;;;;;;;. The van der Waals surface area contributed by atoms with Crippen LogP contribution in [0.5, 0.6) is 0 Å². The molecule has 0 saturated carbocycles. The first kappa shape index (κ1) is 101. The molecular formula is C94H135N10OS3+. The molecule has 10 heterocycles. The first-order chi connectivity index (χ1) is 46.9. The molecule has 7 aromatic carbocycles. The van der Waals surface area contributed by atoms with Crippen LogP contribution in [0.3, 0.4) is 0 Å². The summed E-state index contributed by atoms with van der Waals surface area (Å²) in [7, 11) is 2.18. The lowest BCUT2D eigenvalue weighted by Crippen LogP contribution is -2.36. The molecule has 0 fully saturated rings. The Balaban J connectivity index is 0. The quantitative estimate of drug-likeness (QED) is 0.147. The lowest BCUT2D eigenvalue weighted by Gasteiger charge is -2.28. The first-order valence-electron chi connectivity index (χ1n) is 33.6. The average Bonchev–Trinajstić information content (AvgIpc) is 1.59. The highest BCUT2D eigenvalue weighted by Gasteiger charge is 2.43. The number of benzene rings is 7. The van der Waals surface area contributed by atoms with Crippen molar-refractivity contribution in [1.82, 2.24) is 30.1 Å². The number of aryl methyl sites for hydroxylation is 7. The van der Waals surface area contributed by atoms with E-state index in [4.69, 9.17) is 4.42 Å². The smallest absolute Gasteiger partial charge is 0.215 e. The molecule has 0 N–H and O–H groups in total. The van der Waals surface area contributed by atoms with E-state index in [0.29, 0.717) is 11.4 Å². The summed E-state index contributed by atoms with van der Waals surface area (Å²) >= 11 is 5.31. The van der Waals surface area contributed by atoms with E-state index in [9.17, 15) is 0 Å². The van der Waals surface area contributed by atoms with Crippen LogP contribution in [0.15, 0.2) is 239 Å². The predicted octanol–water partition coefficient (Wildman–Crippen LogP) is 27.9. The Morgan fingerprint density at radius 1 is 0.491 bits per heavy atom. The molecule has 14 heteroatoms. The van der Waals surface area contributed by atoms with Crippen molar-refractivity contribution < 1.29 is 8.98 Å². The second-order valence-corrected chi connectivity index (χ2v) is 30.3. The number of oxazole rings is 1. The topological polar surface area (TPSA) is 113 Å². The summed E-state index contributed by atoms with van der Waals surface area (Å²) in [6, 6.07) is 71.4. The number of pyridine rings is 3. The van der Waals surface area contributed by atoms with E-state index in [-0.39, 0.29) is 90.5 Å². The van der Waals surface area contributed by atoms with Gasteiger partial charge in [0.05, 0.1) is 42.9 Å². The number of likely N-dealkylation sites (N-methyl/N-ethyl adjacent to an activating group) is 1. The molecule has 11 nitrogen and oxygen atoms in total. The van der Waals surface area contributed by atoms with Crippen LogP contribution >= 0.6 is 34.4 Å². The number of anilines is 2. The molecule has 2 unspecified atom stereocenters. The molecule has 4 aliphatic heterocycles. The minimum absolute atomic E-state index is 0. The van der Waals surface area contributed by atoms with Gasteiger partial charge < -0.3 is 14.2 Å². The SMILES string of the molecule is C.C.C.C.C.C.C.C.C.C.CC1=Nc2ccccc2C1(C)C.CC1N(C)c2ccccc2C1(C)C.CCN1c2ccccc2SC1C.Cc1cc[n+]2c(c1)C(C)(C)c1ccccc1-2.Cc1ccccn1.Cc1ccnc2ccccc12.Cc1nc2ccccc2o1.Cc1nc2ccccc2s1.Cc1nnc(C)s1. The third kappa shape index (κ3) is 24.7. The van der Waals surface area contributed by atoms with Gasteiger partial charge in [0.1, 0.15) is 15.5 Å². The molecule has 584 valence electrons. The molecule has 0 amide bonds. The van der Waals surface area contributed by atoms with Crippen molar-refractivity contribution >= 4 is 89.4 Å². The fourth-order valence-corrected chi connectivity index (χ4v) is 14.9. The van der Waals surface area contributed by atoms with Crippen molar-refractivity contribution in [1.29, 1.82) is 0 Å². The Morgan fingerprint density at radius 3 is 1.60 bits per heavy atom. The Labute approximate surface area is 667 Å². The Bertz CT molecular complexity index is 4620. The summed E-state index contributed by atoms with van der Waals surface area (Å²) in [4.78, 5) is 27.4. The Hall–Kier alpha value is -9.21. The predicted molar refractivity (Wildman–Crippen MR) is 484 cm³/mol. The second kappa shape index (κ2) is 45.6. The van der Waals surface area contributed by atoms with E-state index in [0.717, 1.165) is 61.0 Å². The maximum absolute atomic E-state index is 5.26. The van der Waals surface area contributed by atoms with Gasteiger partial charge in [0.25, 0.3) is 0 Å². The summed E-state index contributed by atoms with van der Waals surface area (Å²) in [6.45, 7) is 37.6. The van der Waals surface area contributed by atoms with E-state index < -0.39 is 0 Å². The van der Waals surface area contributed by atoms with Crippen molar-refractivity contribution in [3.8, 4) is 5.69 Å². The van der Waals surface area contributed by atoms with Crippen LogP contribution < -0.4 is 14.4 Å². The molecule has 4 aliphatic rings. The molecular weight excluding hydrogens is 1380 g/mol. The van der Waals surface area contributed by atoms with Gasteiger partial charge in [0.2, 0.25) is 5.69 Å². The number of aromatic nitrogens is 7. The van der Waals surface area contributed by atoms with Gasteiger partial charge in [-0.1, -0.05) is 229 Å². The Kier molecular flexibility index (Phi) is 42.5. The van der Waals surface area contributed by atoms with E-state index in [1.807, 2.05) is 144 Å². The summed E-state index contributed by atoms with van der Waals surface area (Å²) < 4.78 is 8.84. The number of para-hydroxylation sites is 8. The molecule has 0 bridgehead atoms. The molecule has 6 aromatic heterocycles. The summed E-state index contributed by atoms with van der Waals surface area (Å²) in [5.74, 6) is 0.723. The van der Waals surface area contributed by atoms with Gasteiger partial charge in [0.15, 0.2) is 23.4 Å². The summed E-state index contributed by atoms with van der Waals surface area (Å²) in [5, 5.41) is 12.6. The number of hydrogen-bond donors (Lipinski definition) is 0. The fourth-order valence-electron chi connectivity index (χ4n) is 12.2. The van der Waals surface area contributed by atoms with Gasteiger partial charge in [-0.25, -0.2) is 9.97 Å². The largest absolute Gasteiger partial charge is 0.441 e. The van der Waals surface area contributed by atoms with Gasteiger partial charge in [-0.3, -0.25) is 15.0 Å². The molecule has 0 saturated heterocycles. The third-order valence-electron chi connectivity index (χ3n) is 18.3. The van der Waals surface area contributed by atoms with Gasteiger partial charge >= 0.3 is 0 Å². The highest BCUT2D eigenvalue weighted by atomic mass is 32.2. The zero-order chi connectivity index (χ0) is 70.3. The monoisotopic (exact) mass is 1520 g/mol. The van der Waals surface area contributed by atoms with E-state index >= 15 is 0 Å². The molecule has 0 aliphatic carbocycles. The second-order valence-electron chi connectivity index (χ2n) is 26.3. The highest BCUT2D eigenvalue weighted by Crippen LogP contribution is 2.45. The number of thiazole rings is 1. The normalized spacial score (nSPS) is 13.9. The number of rotatable bonds is 1. The van der Waals surface area contributed by atoms with Crippen LogP contribution in [0, 0.1) is 48.5 Å². The number of thioether (sulfide) groups is 1. The van der Waals surface area contributed by atoms with Crippen LogP contribution in [0.25, 0.3) is 37.9 Å². The summed E-state index contributed by atoms with van der Waals surface area (Å²) in [6.07, 6.45) is 5.81. The highest BCUT2D eigenvalue weighted by molar-refractivity contribution is 8.00. The molecule has 2 atom stereocenters. The van der Waals surface area contributed by atoms with Crippen LogP contribution in [-0.2, 0) is 16.2 Å². The average molecular weight is 1520 g/mol. The molecule has 108 heavy (non-hydrogen) atoms. The van der Waals surface area contributed by atoms with E-state index in [1.165, 1.54) is 71.3 Å². The van der Waals surface area contributed by atoms with Crippen LogP contribution in [0.2, 0.25) is 0 Å². The molecule has 17 rings (SSSR count). The Morgan fingerprint density at radius 2 is 1.04 bits per heavy atom. The van der Waals surface area contributed by atoms with Crippen molar-refractivity contribution in [2.24, 2.45) is 4.99 Å². The first-order valence-corrected chi connectivity index (χ1v) is 36.1. The molecule has 0 radical (unpaired) electrons. The van der Waals surface area contributed by atoms with Gasteiger partial charge in [-0.05, 0) is 178 Å². The number of nitrogens with zero attached hydrogens (tertiary/aromatic N) is 10. The zero-order valence-electron chi connectivity index (χ0n) is 60.3. The van der Waals surface area contributed by atoms with Crippen LogP contribution in [0.1, 0.15) is 204 Å². The molecule has 0 spiro atoms. The van der Waals surface area contributed by atoms with E-state index in [1.54, 1.807) is 28.9 Å². The lowest BCUT2D eigenvalue weighted by molar-refractivity contribution is -0.599. The van der Waals surface area contributed by atoms with Gasteiger partial charge in [-0.2, -0.15) is 4.57 Å². The lowest BCUT2D eigenvalue weighted by atomic mass is 9.81. The number of aliphatic imine (C=N–C) groups is 1. The number of hydrogen-bond acceptors (Lipinski definition) is 13. The summed E-state index contributed by atoms with van der Waals surface area (Å²) in [5.41, 5.74) is 20.3. The van der Waals surface area contributed by atoms with Crippen molar-refractivity contribution in [2.45, 2.75) is 225 Å². The van der Waals surface area contributed by atoms with Crippen LogP contribution in [0.4, 0.5) is 17.1 Å². The molecule has 13 aromatic rings. The van der Waals surface area contributed by atoms with Crippen molar-refractivity contribution in [2.75, 3.05) is 23.4 Å². The van der Waals surface area contributed by atoms with Gasteiger partial charge in [0, 0.05) is 101 Å². The van der Waals surface area contributed by atoms with Crippen LogP contribution in [-0.4, -0.2) is 60.9 Å². The minimum Gasteiger partial charge on any atom is -0.441 e. The third-order valence-corrected chi connectivity index (χ3v) is 21.2. The van der Waals surface area contributed by atoms with E-state index in [2.05, 4.69) is 261 Å². The van der Waals surface area contributed by atoms with Crippen molar-refractivity contribution in [3.63, 3.8) is 0 Å². The zero-order valence-corrected chi connectivity index (χ0v) is 62.8. The minimum atomic E-state index is 0. The number of fused-ring (bicyclic) bond motifs is 9. The van der Waals surface area contributed by atoms with Gasteiger partial charge in [-0.15, -0.1) is 32.9 Å². The van der Waals surface area contributed by atoms with Crippen molar-refractivity contribution in [3.05, 3.63) is 285 Å². The fraction of sp³-hybridized carbons (Fsp3) is 0.362. The maximum atomic E-state index is 5.26.